The fraction of sp³-hybridized carbons (Fsp3) is 0.286. The molecule has 3 aromatic rings. The van der Waals surface area contributed by atoms with Gasteiger partial charge in [0.25, 0.3) is 0 Å². The monoisotopic (exact) mass is 349 g/mol. The fourth-order valence-corrected chi connectivity index (χ4v) is 3.10. The largest absolute Gasteiger partial charge is 0.456 e. The number of aromatic amines is 1. The Bertz CT molecular complexity index is 854. The van der Waals surface area contributed by atoms with Crippen LogP contribution >= 0.6 is 0 Å². The third kappa shape index (κ3) is 3.11. The van der Waals surface area contributed by atoms with Gasteiger partial charge in [0.1, 0.15) is 29.1 Å². The van der Waals surface area contributed by atoms with Crippen LogP contribution in [0.5, 0.6) is 11.5 Å². The number of benzene rings is 2. The van der Waals surface area contributed by atoms with E-state index >= 15 is 0 Å². The van der Waals surface area contributed by atoms with Gasteiger partial charge in [0.05, 0.1) is 12.3 Å². The van der Waals surface area contributed by atoms with Gasteiger partial charge in [0, 0.05) is 17.7 Å². The minimum absolute atomic E-state index is 0.109. The molecule has 26 heavy (non-hydrogen) atoms. The first-order valence-corrected chi connectivity index (χ1v) is 8.86. The van der Waals surface area contributed by atoms with Gasteiger partial charge in [-0.05, 0) is 45.3 Å². The predicted octanol–water partition coefficient (Wildman–Crippen LogP) is 4.49. The molecule has 0 aliphatic carbocycles. The number of rotatable bonds is 5. The number of likely N-dealkylation sites (N-methyl/N-ethyl adjacent to an activating group) is 1. The Balaban J connectivity index is 1.75. The topological polar surface area (TPSA) is 50.4 Å². The van der Waals surface area contributed by atoms with E-state index in [2.05, 4.69) is 16.0 Å². The van der Waals surface area contributed by atoms with Gasteiger partial charge < -0.3 is 19.4 Å². The van der Waals surface area contributed by atoms with Crippen molar-refractivity contribution >= 4 is 0 Å². The SMILES string of the molecule is CC(OCCN(C)C)c1nc2c([nH]1)-c1ccccc1Oc1ccccc1-2. The molecular formula is C21H23N3O2. The maximum atomic E-state index is 6.14. The Kier molecular flexibility index (Phi) is 4.49. The number of para-hydroxylation sites is 2. The van der Waals surface area contributed by atoms with Crippen molar-refractivity contribution in [1.29, 1.82) is 0 Å². The van der Waals surface area contributed by atoms with Crippen molar-refractivity contribution in [3.63, 3.8) is 0 Å². The number of hydrogen-bond donors (Lipinski definition) is 1. The highest BCUT2D eigenvalue weighted by molar-refractivity contribution is 5.86. The van der Waals surface area contributed by atoms with Gasteiger partial charge >= 0.3 is 0 Å². The third-order valence-electron chi connectivity index (χ3n) is 4.53. The Hall–Kier alpha value is -2.63. The molecule has 0 spiro atoms. The number of nitrogens with one attached hydrogen (secondary N) is 1. The second-order valence-electron chi connectivity index (χ2n) is 6.76. The number of fused-ring (bicyclic) bond motifs is 5. The zero-order chi connectivity index (χ0) is 18.1. The molecular weight excluding hydrogens is 326 g/mol. The second kappa shape index (κ2) is 6.94. The molecule has 2 aromatic carbocycles. The molecule has 1 aliphatic rings. The number of hydrogen-bond acceptors (Lipinski definition) is 4. The van der Waals surface area contributed by atoms with Crippen LogP contribution in [0.2, 0.25) is 0 Å². The highest BCUT2D eigenvalue weighted by atomic mass is 16.5. The van der Waals surface area contributed by atoms with Crippen molar-refractivity contribution in [3.8, 4) is 34.0 Å². The van der Waals surface area contributed by atoms with Gasteiger partial charge in [-0.25, -0.2) is 4.98 Å². The summed E-state index contributed by atoms with van der Waals surface area (Å²) in [6, 6.07) is 16.0. The molecule has 1 aliphatic heterocycles. The van der Waals surface area contributed by atoms with Gasteiger partial charge in [-0.1, -0.05) is 24.3 Å². The lowest BCUT2D eigenvalue weighted by Crippen LogP contribution is -2.19. The van der Waals surface area contributed by atoms with Crippen molar-refractivity contribution < 1.29 is 9.47 Å². The molecule has 4 rings (SSSR count). The van der Waals surface area contributed by atoms with E-state index in [0.29, 0.717) is 6.61 Å². The van der Waals surface area contributed by atoms with Crippen LogP contribution in [0.25, 0.3) is 22.5 Å². The quantitative estimate of drug-likeness (QED) is 0.577. The lowest BCUT2D eigenvalue weighted by atomic mass is 10.1. The van der Waals surface area contributed by atoms with E-state index in [9.17, 15) is 0 Å². The lowest BCUT2D eigenvalue weighted by molar-refractivity contribution is 0.0507. The van der Waals surface area contributed by atoms with E-state index in [1.807, 2.05) is 63.5 Å². The molecule has 0 bridgehead atoms. The molecule has 5 nitrogen and oxygen atoms in total. The van der Waals surface area contributed by atoms with Gasteiger partial charge in [0.2, 0.25) is 0 Å². The molecule has 1 aromatic heterocycles. The minimum atomic E-state index is -0.109. The van der Waals surface area contributed by atoms with Crippen LogP contribution in [0.15, 0.2) is 48.5 Å². The Morgan fingerprint density at radius 2 is 1.69 bits per heavy atom. The van der Waals surface area contributed by atoms with Crippen LogP contribution < -0.4 is 4.74 Å². The fourth-order valence-electron chi connectivity index (χ4n) is 3.10. The van der Waals surface area contributed by atoms with Crippen molar-refractivity contribution in [3.05, 3.63) is 54.4 Å². The van der Waals surface area contributed by atoms with Crippen LogP contribution in [0, 0.1) is 0 Å². The number of imidazole rings is 1. The summed E-state index contributed by atoms with van der Waals surface area (Å²) in [5, 5.41) is 0. The van der Waals surface area contributed by atoms with Gasteiger partial charge in [-0.3, -0.25) is 0 Å². The lowest BCUT2D eigenvalue weighted by Gasteiger charge is -2.14. The van der Waals surface area contributed by atoms with Crippen LogP contribution in [-0.2, 0) is 4.74 Å². The summed E-state index contributed by atoms with van der Waals surface area (Å²) < 4.78 is 12.1. The molecule has 134 valence electrons. The summed E-state index contributed by atoms with van der Waals surface area (Å²) in [6.45, 7) is 3.57. The van der Waals surface area contributed by atoms with E-state index in [1.54, 1.807) is 0 Å². The highest BCUT2D eigenvalue weighted by Crippen LogP contribution is 2.45. The maximum absolute atomic E-state index is 6.14. The van der Waals surface area contributed by atoms with E-state index in [4.69, 9.17) is 14.5 Å². The molecule has 0 saturated heterocycles. The summed E-state index contributed by atoms with van der Waals surface area (Å²) in [6.07, 6.45) is -0.109. The first-order valence-electron chi connectivity index (χ1n) is 8.86. The summed E-state index contributed by atoms with van der Waals surface area (Å²) in [7, 11) is 4.08. The first-order chi connectivity index (χ1) is 12.6. The second-order valence-corrected chi connectivity index (χ2v) is 6.76. The van der Waals surface area contributed by atoms with Crippen molar-refractivity contribution in [2.45, 2.75) is 13.0 Å². The van der Waals surface area contributed by atoms with Crippen LogP contribution in [0.3, 0.4) is 0 Å². The molecule has 1 atom stereocenters. The number of H-pyrrole nitrogens is 1. The molecule has 0 radical (unpaired) electrons. The summed E-state index contributed by atoms with van der Waals surface area (Å²) in [5.41, 5.74) is 3.88. The molecule has 2 heterocycles. The van der Waals surface area contributed by atoms with Gasteiger partial charge in [-0.15, -0.1) is 0 Å². The van der Waals surface area contributed by atoms with Gasteiger partial charge in [0.15, 0.2) is 0 Å². The maximum Gasteiger partial charge on any atom is 0.136 e. The Morgan fingerprint density at radius 1 is 1.04 bits per heavy atom. The van der Waals surface area contributed by atoms with Crippen molar-refractivity contribution in [2.75, 3.05) is 27.2 Å². The summed E-state index contributed by atoms with van der Waals surface area (Å²) >= 11 is 0. The third-order valence-corrected chi connectivity index (χ3v) is 4.53. The van der Waals surface area contributed by atoms with Gasteiger partial charge in [-0.2, -0.15) is 0 Å². The molecule has 1 unspecified atom stereocenters. The van der Waals surface area contributed by atoms with E-state index in [1.165, 1.54) is 0 Å². The summed E-state index contributed by atoms with van der Waals surface area (Å²) in [5.74, 6) is 2.48. The zero-order valence-corrected chi connectivity index (χ0v) is 15.3. The smallest absolute Gasteiger partial charge is 0.136 e. The van der Waals surface area contributed by atoms with Crippen molar-refractivity contribution in [2.24, 2.45) is 0 Å². The predicted molar refractivity (Wildman–Crippen MR) is 102 cm³/mol. The minimum Gasteiger partial charge on any atom is -0.456 e. The normalized spacial score (nSPS) is 13.4. The van der Waals surface area contributed by atoms with E-state index < -0.39 is 0 Å². The van der Waals surface area contributed by atoms with E-state index in [-0.39, 0.29) is 6.10 Å². The number of aromatic nitrogens is 2. The molecule has 0 fully saturated rings. The highest BCUT2D eigenvalue weighted by Gasteiger charge is 2.25. The molecule has 0 saturated carbocycles. The average molecular weight is 349 g/mol. The number of nitrogens with zero attached hydrogens (tertiary/aromatic N) is 2. The Labute approximate surface area is 153 Å². The zero-order valence-electron chi connectivity index (χ0n) is 15.3. The summed E-state index contributed by atoms with van der Waals surface area (Å²) in [4.78, 5) is 10.5. The van der Waals surface area contributed by atoms with Crippen LogP contribution in [0.1, 0.15) is 18.9 Å². The molecule has 5 heteroatoms. The van der Waals surface area contributed by atoms with E-state index in [0.717, 1.165) is 46.4 Å². The Morgan fingerprint density at radius 3 is 2.42 bits per heavy atom. The van der Waals surface area contributed by atoms with Crippen LogP contribution in [0.4, 0.5) is 0 Å². The molecule has 0 amide bonds. The first kappa shape index (κ1) is 16.8. The average Bonchev–Trinajstić information content (AvgIpc) is 3.02. The number of ether oxygens (including phenoxy) is 2. The van der Waals surface area contributed by atoms with Crippen LogP contribution in [-0.4, -0.2) is 42.1 Å². The van der Waals surface area contributed by atoms with Crippen molar-refractivity contribution in [1.82, 2.24) is 14.9 Å². The standard InChI is InChI=1S/C21H23N3O2/c1-14(25-13-12-24(2)3)21-22-19-15-8-4-6-10-17(15)26-18-11-7-5-9-16(18)20(19)23-21/h4-11,14H,12-13H2,1-3H3,(H,22,23). The molecule has 1 N–H and O–H groups in total.